The van der Waals surface area contributed by atoms with Crippen molar-refractivity contribution in [1.82, 2.24) is 15.5 Å². The Morgan fingerprint density at radius 2 is 1.96 bits per heavy atom. The Hall–Kier alpha value is -3.39. The molecule has 0 fully saturated rings. The number of amides is 1. The molecule has 27 heavy (non-hydrogen) atoms. The highest BCUT2D eigenvalue weighted by Crippen LogP contribution is 2.24. The average molecular weight is 390 g/mol. The number of rotatable bonds is 4. The number of nitrogens with zero attached hydrogens (tertiary/aromatic N) is 1. The van der Waals surface area contributed by atoms with Crippen LogP contribution < -0.4 is 15.6 Å². The number of ether oxygens (including phenoxy) is 1. The van der Waals surface area contributed by atoms with Crippen LogP contribution >= 0.6 is 11.6 Å². The molecule has 0 unspecified atom stereocenters. The van der Waals surface area contributed by atoms with Crippen molar-refractivity contribution in [2.75, 3.05) is 0 Å². The van der Waals surface area contributed by atoms with Crippen LogP contribution in [0.3, 0.4) is 0 Å². The Balaban J connectivity index is 1.72. The smallest absolute Gasteiger partial charge is 0.413 e. The van der Waals surface area contributed by atoms with E-state index in [4.69, 9.17) is 16.3 Å². The van der Waals surface area contributed by atoms with Crippen molar-refractivity contribution in [3.8, 4) is 22.8 Å². The summed E-state index contributed by atoms with van der Waals surface area (Å²) in [5.41, 5.74) is 0.516. The lowest BCUT2D eigenvalue weighted by molar-refractivity contribution is 0.199. The second-order valence-corrected chi connectivity index (χ2v) is 5.92. The van der Waals surface area contributed by atoms with E-state index >= 15 is 0 Å². The van der Waals surface area contributed by atoms with Crippen molar-refractivity contribution in [1.29, 1.82) is 0 Å². The standard InChI is InChI=1S/C18H13ClFN3O4/c19-12-4-1-10(2-5-12)9-21-18(26)27-16-8-14(22-23-17(16)25)11-3-6-15(24)13(20)7-11/h1-8,24H,9H2,(H,21,26)(H,23,25). The van der Waals surface area contributed by atoms with Crippen molar-refractivity contribution in [2.24, 2.45) is 0 Å². The zero-order valence-corrected chi connectivity index (χ0v) is 14.5. The summed E-state index contributed by atoms with van der Waals surface area (Å²) < 4.78 is 18.5. The molecular weight excluding hydrogens is 377 g/mol. The van der Waals surface area contributed by atoms with Crippen LogP contribution in [0.25, 0.3) is 11.3 Å². The lowest BCUT2D eigenvalue weighted by Gasteiger charge is -2.07. The van der Waals surface area contributed by atoms with Gasteiger partial charge in [0.2, 0.25) is 5.75 Å². The van der Waals surface area contributed by atoms with Crippen molar-refractivity contribution < 1.29 is 19.0 Å². The van der Waals surface area contributed by atoms with Gasteiger partial charge >= 0.3 is 11.7 Å². The number of aromatic amines is 1. The molecule has 0 bridgehead atoms. The van der Waals surface area contributed by atoms with Gasteiger partial charge in [-0.05, 0) is 35.9 Å². The topological polar surface area (TPSA) is 104 Å². The van der Waals surface area contributed by atoms with E-state index in [1.165, 1.54) is 12.1 Å². The molecule has 7 nitrogen and oxygen atoms in total. The first-order chi connectivity index (χ1) is 12.9. The second kappa shape index (κ2) is 7.88. The third-order valence-corrected chi connectivity index (χ3v) is 3.82. The zero-order chi connectivity index (χ0) is 19.4. The fourth-order valence-electron chi connectivity index (χ4n) is 2.19. The lowest BCUT2D eigenvalue weighted by atomic mass is 10.1. The van der Waals surface area contributed by atoms with E-state index in [1.807, 2.05) is 0 Å². The number of nitrogens with one attached hydrogen (secondary N) is 2. The highest BCUT2D eigenvalue weighted by molar-refractivity contribution is 6.30. The molecular formula is C18H13ClFN3O4. The molecule has 3 rings (SSSR count). The van der Waals surface area contributed by atoms with E-state index in [1.54, 1.807) is 24.3 Å². The van der Waals surface area contributed by atoms with Gasteiger partial charge in [-0.15, -0.1) is 0 Å². The molecule has 0 saturated carbocycles. The number of hydrogen-bond donors (Lipinski definition) is 3. The predicted molar refractivity (Wildman–Crippen MR) is 96.2 cm³/mol. The summed E-state index contributed by atoms with van der Waals surface area (Å²) in [7, 11) is 0. The first kappa shape index (κ1) is 18.4. The highest BCUT2D eigenvalue weighted by Gasteiger charge is 2.12. The minimum absolute atomic E-state index is 0.161. The highest BCUT2D eigenvalue weighted by atomic mass is 35.5. The van der Waals surface area contributed by atoms with Crippen LogP contribution in [0.4, 0.5) is 9.18 Å². The van der Waals surface area contributed by atoms with Gasteiger partial charge in [0, 0.05) is 23.2 Å². The maximum atomic E-state index is 13.5. The second-order valence-electron chi connectivity index (χ2n) is 5.48. The number of carbonyl (C=O) groups is 1. The molecule has 1 heterocycles. The van der Waals surface area contributed by atoms with Crippen molar-refractivity contribution in [3.63, 3.8) is 0 Å². The van der Waals surface area contributed by atoms with Gasteiger partial charge in [-0.2, -0.15) is 5.10 Å². The Labute approximate surface area is 157 Å². The summed E-state index contributed by atoms with van der Waals surface area (Å²) in [5.74, 6) is -1.66. The van der Waals surface area contributed by atoms with Crippen molar-refractivity contribution >= 4 is 17.7 Å². The Morgan fingerprint density at radius 3 is 2.67 bits per heavy atom. The lowest BCUT2D eigenvalue weighted by Crippen LogP contribution is -2.28. The van der Waals surface area contributed by atoms with E-state index in [9.17, 15) is 19.1 Å². The average Bonchev–Trinajstić information content (AvgIpc) is 2.65. The molecule has 2 aromatic carbocycles. The van der Waals surface area contributed by atoms with Gasteiger partial charge in [-0.25, -0.2) is 14.3 Å². The van der Waals surface area contributed by atoms with Crippen LogP contribution in [0.15, 0.2) is 53.3 Å². The number of hydrogen-bond acceptors (Lipinski definition) is 5. The van der Waals surface area contributed by atoms with Crippen LogP contribution in [-0.2, 0) is 6.54 Å². The van der Waals surface area contributed by atoms with Gasteiger partial charge in [0.15, 0.2) is 11.6 Å². The molecule has 3 N–H and O–H groups in total. The monoisotopic (exact) mass is 389 g/mol. The molecule has 3 aromatic rings. The van der Waals surface area contributed by atoms with Gasteiger partial charge in [-0.1, -0.05) is 23.7 Å². The number of aromatic hydroxyl groups is 1. The molecule has 0 aliphatic rings. The Kier molecular flexibility index (Phi) is 5.37. The predicted octanol–water partition coefficient (Wildman–Crippen LogP) is 3.22. The third-order valence-electron chi connectivity index (χ3n) is 3.57. The van der Waals surface area contributed by atoms with E-state index in [-0.39, 0.29) is 23.6 Å². The van der Waals surface area contributed by atoms with Crippen LogP contribution in [0.1, 0.15) is 5.56 Å². The maximum absolute atomic E-state index is 13.5. The number of halogens is 2. The normalized spacial score (nSPS) is 10.4. The number of benzene rings is 2. The first-order valence-electron chi connectivity index (χ1n) is 7.71. The summed E-state index contributed by atoms with van der Waals surface area (Å²) in [6, 6.07) is 11.6. The van der Waals surface area contributed by atoms with Crippen LogP contribution in [0.5, 0.6) is 11.5 Å². The van der Waals surface area contributed by atoms with Crippen LogP contribution in [0.2, 0.25) is 5.02 Å². The third kappa shape index (κ3) is 4.62. The minimum Gasteiger partial charge on any atom is -0.505 e. The van der Waals surface area contributed by atoms with Crippen molar-refractivity contribution in [3.05, 3.63) is 75.3 Å². The number of carbonyl (C=O) groups excluding carboxylic acids is 1. The zero-order valence-electron chi connectivity index (χ0n) is 13.7. The molecule has 0 spiro atoms. The molecule has 1 aromatic heterocycles. The molecule has 0 saturated heterocycles. The Bertz CT molecular complexity index is 1040. The molecule has 0 aliphatic carbocycles. The fraction of sp³-hybridized carbons (Fsp3) is 0.0556. The SMILES string of the molecule is O=C(NCc1ccc(Cl)cc1)Oc1cc(-c2ccc(O)c(F)c2)n[nH]c1=O. The van der Waals surface area contributed by atoms with Gasteiger partial charge < -0.3 is 15.2 Å². The summed E-state index contributed by atoms with van der Waals surface area (Å²) in [5, 5.41) is 18.3. The maximum Gasteiger partial charge on any atom is 0.413 e. The summed E-state index contributed by atoms with van der Waals surface area (Å²) >= 11 is 5.79. The fourth-order valence-corrected chi connectivity index (χ4v) is 2.32. The summed E-state index contributed by atoms with van der Waals surface area (Å²) in [6.45, 7) is 0.176. The summed E-state index contributed by atoms with van der Waals surface area (Å²) in [6.07, 6.45) is -0.843. The summed E-state index contributed by atoms with van der Waals surface area (Å²) in [4.78, 5) is 23.7. The molecule has 0 aliphatic heterocycles. The molecule has 0 atom stereocenters. The molecule has 1 amide bonds. The van der Waals surface area contributed by atoms with Crippen LogP contribution in [-0.4, -0.2) is 21.4 Å². The number of aromatic nitrogens is 2. The van der Waals surface area contributed by atoms with Gasteiger partial charge in [0.25, 0.3) is 0 Å². The number of H-pyrrole nitrogens is 1. The molecule has 9 heteroatoms. The largest absolute Gasteiger partial charge is 0.505 e. The number of phenolic OH excluding ortho intramolecular Hbond substituents is 1. The van der Waals surface area contributed by atoms with Crippen molar-refractivity contribution in [2.45, 2.75) is 6.54 Å². The van der Waals surface area contributed by atoms with E-state index in [2.05, 4.69) is 15.5 Å². The molecule has 0 radical (unpaired) electrons. The van der Waals surface area contributed by atoms with Gasteiger partial charge in [-0.3, -0.25) is 4.79 Å². The van der Waals surface area contributed by atoms with E-state index < -0.39 is 23.2 Å². The Morgan fingerprint density at radius 1 is 1.22 bits per heavy atom. The quantitative estimate of drug-likeness (QED) is 0.635. The van der Waals surface area contributed by atoms with Crippen LogP contribution in [0, 0.1) is 5.82 Å². The minimum atomic E-state index is -0.844. The van der Waals surface area contributed by atoms with E-state index in [0.717, 1.165) is 17.7 Å². The van der Waals surface area contributed by atoms with Gasteiger partial charge in [0.1, 0.15) is 0 Å². The first-order valence-corrected chi connectivity index (χ1v) is 8.09. The number of phenols is 1. The molecule has 138 valence electrons. The van der Waals surface area contributed by atoms with E-state index in [0.29, 0.717) is 5.02 Å². The van der Waals surface area contributed by atoms with Gasteiger partial charge in [0.05, 0.1) is 5.69 Å².